The minimum Gasteiger partial charge on any atom is 0 e. The second kappa shape index (κ2) is 24.9. The van der Waals surface area contributed by atoms with Gasteiger partial charge < -0.3 is 2.85 Å². The fourth-order valence-corrected chi connectivity index (χ4v) is 0. The Balaban J connectivity index is -0.000000000500. The van der Waals surface area contributed by atoms with E-state index in [1.807, 2.05) is 0 Å². The third kappa shape index (κ3) is 18.1. The second-order valence-corrected chi connectivity index (χ2v) is 0. The van der Waals surface area contributed by atoms with Crippen LogP contribution < -0.4 is 0 Å². The van der Waals surface area contributed by atoms with Crippen LogP contribution in [0.5, 0.6) is 0 Å². The summed E-state index contributed by atoms with van der Waals surface area (Å²) in [6.45, 7) is 0. The molecular weight excluding hydrogens is 463 g/mol. The molecule has 0 saturated heterocycles. The fourth-order valence-electron chi connectivity index (χ4n) is 0. The molecule has 3 radical (unpaired) electrons. The molecule has 0 fully saturated rings. The van der Waals surface area contributed by atoms with Gasteiger partial charge in [-0.2, -0.15) is 0 Å². The Morgan fingerprint density at radius 1 is 1.40 bits per heavy atom. The van der Waals surface area contributed by atoms with Gasteiger partial charge in [-0.15, -0.1) is 0 Å². The van der Waals surface area contributed by atoms with Crippen molar-refractivity contribution in [3.05, 3.63) is 0 Å². The van der Waals surface area contributed by atoms with Gasteiger partial charge in [0.2, 0.25) is 0 Å². The van der Waals surface area contributed by atoms with E-state index in [9.17, 15) is 0 Å². The van der Waals surface area contributed by atoms with Gasteiger partial charge in [-0.3, -0.25) is 0 Å². The molecule has 0 bridgehead atoms. The van der Waals surface area contributed by atoms with Gasteiger partial charge in [0.1, 0.15) is 0 Å². The van der Waals surface area contributed by atoms with E-state index in [1.165, 1.54) is 0 Å². The van der Waals surface area contributed by atoms with Crippen LogP contribution in [0.2, 0.25) is 0 Å². The first-order valence-corrected chi connectivity index (χ1v) is 0.508. The van der Waals surface area contributed by atoms with Crippen molar-refractivity contribution in [2.75, 3.05) is 0 Å². The quantitative estimate of drug-likeness (QED) is 0.410. The Bertz CT molecular complexity index is 17.7. The van der Waals surface area contributed by atoms with E-state index < -0.39 is 0 Å². The number of hydrogen-bond donors (Lipinski definition) is 0. The second-order valence-electron chi connectivity index (χ2n) is 0. The zero-order chi connectivity index (χ0) is 2.00. The van der Waals surface area contributed by atoms with E-state index in [4.69, 9.17) is 3.83 Å². The van der Waals surface area contributed by atoms with Crippen molar-refractivity contribution in [2.45, 2.75) is 0 Å². The van der Waals surface area contributed by atoms with E-state index in [2.05, 4.69) is 15.9 Å². The van der Waals surface area contributed by atoms with Crippen LogP contribution in [0.1, 0.15) is 2.85 Å². The normalized spacial score (nSPS) is 1.20. The van der Waals surface area contributed by atoms with E-state index in [1.54, 1.807) is 0 Å². The van der Waals surface area contributed by atoms with Crippen LogP contribution in [0.3, 0.4) is 0 Å². The summed E-state index contributed by atoms with van der Waals surface area (Å²) in [6, 6.07) is 0. The van der Waals surface area contributed by atoms with Crippen LogP contribution in [-0.2, 0) is 52.5 Å². The van der Waals surface area contributed by atoms with Crippen LogP contribution in [0.15, 0.2) is 0 Å². The third-order valence-electron chi connectivity index (χ3n) is 0. The molecule has 5 heteroatoms. The zero-order valence-electron chi connectivity index (χ0n) is 4.70. The zero-order valence-corrected chi connectivity index (χ0v) is 15.5. The van der Waals surface area contributed by atoms with Gasteiger partial charge in [0.05, 0.1) is 0 Å². The smallest absolute Gasteiger partial charge is 0 e. The fraction of sp³-hybridized carbons (Fsp3) is 0. The molecule has 0 unspecified atom stereocenters. The maximum Gasteiger partial charge on any atom is 2.00 e. The molecule has 0 aromatic rings. The number of rotatable bonds is 0. The van der Waals surface area contributed by atoms with Gasteiger partial charge in [0.15, 0.2) is 0 Å². The molecule has 0 aromatic heterocycles. The molecule has 1 nitrogen and oxygen atoms in total. The summed E-state index contributed by atoms with van der Waals surface area (Å²) in [5, 5.41) is 0. The van der Waals surface area contributed by atoms with E-state index in [0.717, 1.165) is 0 Å². The molecule has 0 aromatic carbocycles. The molecule has 0 aliphatic rings. The molecule has 0 spiro atoms. The average molecular weight is 467 g/mol. The third-order valence-corrected chi connectivity index (χ3v) is 0. The maximum absolute atomic E-state index is 7.81. The summed E-state index contributed by atoms with van der Waals surface area (Å²) < 4.78 is 7.81. The van der Waals surface area contributed by atoms with Crippen molar-refractivity contribution >= 4 is 72.8 Å². The minimum atomic E-state index is 0. The van der Waals surface area contributed by atoms with Gasteiger partial charge in [0, 0.05) is 32.7 Å². The molecule has 0 heterocycles. The first-order valence-electron chi connectivity index (χ1n) is 0.123. The van der Waals surface area contributed by atoms with Crippen LogP contribution in [-0.4, -0.2) is 72.8 Å². The molecule has 0 atom stereocenters. The van der Waals surface area contributed by atoms with Gasteiger partial charge in [0.25, 0.3) is 0 Å². The van der Waals surface area contributed by atoms with Gasteiger partial charge in [-0.05, 0) is 0 Å². The molecule has 0 aliphatic carbocycles. The van der Waals surface area contributed by atoms with E-state index in [0.29, 0.717) is 0 Å². The molecule has 0 aliphatic heterocycles. The number of hydrogen-bond acceptors (Lipinski definition) is 1. The SMILES string of the molecule is [H-].[H-].[O]=[Cu].[PbH2].[Sr+2].[Y]. The Morgan fingerprint density at radius 2 is 1.40 bits per heavy atom. The van der Waals surface area contributed by atoms with E-state index in [-0.39, 0.29) is 108 Å². The summed E-state index contributed by atoms with van der Waals surface area (Å²) in [5.41, 5.74) is 0. The summed E-state index contributed by atoms with van der Waals surface area (Å²) >= 11 is 2.94. The molecule has 0 saturated carbocycles. The summed E-state index contributed by atoms with van der Waals surface area (Å²) in [4.78, 5) is 0. The average Bonchev–Trinajstić information content (AvgIpc) is 1.00. The Labute approximate surface area is 125 Å². The summed E-state index contributed by atoms with van der Waals surface area (Å²) in [5.74, 6) is 0. The largest absolute Gasteiger partial charge is 2.00 e. The Morgan fingerprint density at radius 3 is 1.40 bits per heavy atom. The van der Waals surface area contributed by atoms with Gasteiger partial charge >= 0.3 is 92.6 Å². The van der Waals surface area contributed by atoms with Crippen LogP contribution in [0, 0.1) is 0 Å². The maximum atomic E-state index is 7.81. The Kier molecular flexibility index (Phi) is 116. The van der Waals surface area contributed by atoms with Gasteiger partial charge in [-0.1, -0.05) is 0 Å². The van der Waals surface area contributed by atoms with Crippen molar-refractivity contribution < 1.29 is 55.3 Å². The predicted octanol–water partition coefficient (Wildman–Crippen LogP) is -1.20. The van der Waals surface area contributed by atoms with Crippen LogP contribution in [0.25, 0.3) is 0 Å². The summed E-state index contributed by atoms with van der Waals surface area (Å²) in [7, 11) is 0. The first-order chi connectivity index (χ1) is 1.00. The molecule has 0 amide bonds. The molecular formula is H4CuOPbSrY. The monoisotopic (exact) mass is 468 g/mol. The van der Waals surface area contributed by atoms with Crippen molar-refractivity contribution in [1.29, 1.82) is 0 Å². The van der Waals surface area contributed by atoms with Crippen molar-refractivity contribution in [3.8, 4) is 0 Å². The van der Waals surface area contributed by atoms with Crippen LogP contribution >= 0.6 is 0 Å². The molecule has 0 rings (SSSR count). The van der Waals surface area contributed by atoms with Crippen LogP contribution in [0.4, 0.5) is 0 Å². The Hall–Kier alpha value is 3.83. The minimum absolute atomic E-state index is 0. The standard InChI is InChI=1S/Cu.O.Pb.Sr.Y.4H/q;;;+2;;;;2*-1. The first kappa shape index (κ1) is 23.2. The van der Waals surface area contributed by atoms with Gasteiger partial charge in [-0.25, -0.2) is 0 Å². The molecule has 5 heavy (non-hydrogen) atoms. The van der Waals surface area contributed by atoms with Crippen molar-refractivity contribution in [2.24, 2.45) is 0 Å². The van der Waals surface area contributed by atoms with E-state index >= 15 is 0 Å². The van der Waals surface area contributed by atoms with Crippen molar-refractivity contribution in [1.82, 2.24) is 0 Å². The summed E-state index contributed by atoms with van der Waals surface area (Å²) in [6.07, 6.45) is 0. The predicted molar refractivity (Wildman–Crippen MR) is 17.2 cm³/mol. The molecule has 30 valence electrons. The van der Waals surface area contributed by atoms with Crippen molar-refractivity contribution in [3.63, 3.8) is 0 Å². The topological polar surface area (TPSA) is 17.1 Å². The molecule has 0 N–H and O–H groups in total.